The predicted octanol–water partition coefficient (Wildman–Crippen LogP) is 1.75. The number of hydrogen-bond acceptors (Lipinski definition) is 6. The molecule has 0 spiro atoms. The van der Waals surface area contributed by atoms with E-state index in [2.05, 4.69) is 20.3 Å². The van der Waals surface area contributed by atoms with Crippen molar-refractivity contribution in [2.24, 2.45) is 0 Å². The van der Waals surface area contributed by atoms with Gasteiger partial charge in [-0.1, -0.05) is 6.07 Å². The fraction of sp³-hybridized carbons (Fsp3) is 0.176. The highest BCUT2D eigenvalue weighted by molar-refractivity contribution is 5.93. The second kappa shape index (κ2) is 7.00. The van der Waals surface area contributed by atoms with E-state index in [-0.39, 0.29) is 12.5 Å². The van der Waals surface area contributed by atoms with E-state index in [0.29, 0.717) is 28.6 Å². The third kappa shape index (κ3) is 3.57. The first kappa shape index (κ1) is 16.4. The highest BCUT2D eigenvalue weighted by Crippen LogP contribution is 2.16. The van der Waals surface area contributed by atoms with E-state index in [1.807, 2.05) is 24.4 Å². The maximum absolute atomic E-state index is 11.9. The first-order valence-electron chi connectivity index (χ1n) is 7.52. The minimum absolute atomic E-state index is 0.235. The third-order valence-electron chi connectivity index (χ3n) is 3.55. The third-order valence-corrected chi connectivity index (χ3v) is 3.55. The van der Waals surface area contributed by atoms with Crippen molar-refractivity contribution in [1.29, 1.82) is 0 Å². The number of methoxy groups -OCH3 is 1. The Kier molecular flexibility index (Phi) is 4.60. The minimum atomic E-state index is -0.482. The zero-order valence-corrected chi connectivity index (χ0v) is 13.7. The molecular weight excluding hydrogens is 324 g/mol. The molecule has 3 heterocycles. The summed E-state index contributed by atoms with van der Waals surface area (Å²) in [5.41, 5.74) is 1.04. The molecule has 3 aromatic heterocycles. The van der Waals surface area contributed by atoms with Gasteiger partial charge in [-0.25, -0.2) is 4.79 Å². The Labute approximate surface area is 143 Å². The molecule has 0 atom stereocenters. The Morgan fingerprint density at radius 3 is 3.00 bits per heavy atom. The largest absolute Gasteiger partial charge is 0.465 e. The summed E-state index contributed by atoms with van der Waals surface area (Å²) in [4.78, 5) is 23.5. The summed E-state index contributed by atoms with van der Waals surface area (Å²) >= 11 is 0. The zero-order chi connectivity index (χ0) is 17.8. The van der Waals surface area contributed by atoms with Crippen LogP contribution in [0.15, 0.2) is 41.0 Å². The summed E-state index contributed by atoms with van der Waals surface area (Å²) < 4.78 is 11.8. The van der Waals surface area contributed by atoms with E-state index in [1.54, 1.807) is 11.3 Å². The lowest BCUT2D eigenvalue weighted by molar-refractivity contribution is -0.116. The van der Waals surface area contributed by atoms with Gasteiger partial charge in [0, 0.05) is 12.3 Å². The highest BCUT2D eigenvalue weighted by atomic mass is 16.5. The van der Waals surface area contributed by atoms with Gasteiger partial charge >= 0.3 is 5.97 Å². The van der Waals surface area contributed by atoms with Crippen LogP contribution in [0, 0.1) is 6.92 Å². The van der Waals surface area contributed by atoms with Crippen molar-refractivity contribution in [1.82, 2.24) is 19.9 Å². The number of pyridine rings is 1. The molecule has 0 aliphatic rings. The number of carbonyl (C=O) groups excluding carboxylic acids is 2. The number of fused-ring (bicyclic) bond motifs is 1. The van der Waals surface area contributed by atoms with E-state index >= 15 is 0 Å². The molecule has 3 aromatic rings. The van der Waals surface area contributed by atoms with Crippen LogP contribution in [0.25, 0.3) is 11.7 Å². The van der Waals surface area contributed by atoms with Crippen LogP contribution < -0.4 is 5.32 Å². The smallest absolute Gasteiger partial charge is 0.341 e. The number of esters is 1. The summed E-state index contributed by atoms with van der Waals surface area (Å²) in [5, 5.41) is 10.8. The Bertz CT molecular complexity index is 955. The molecule has 0 bridgehead atoms. The molecule has 0 radical (unpaired) electrons. The summed E-state index contributed by atoms with van der Waals surface area (Å²) in [6.07, 6.45) is 4.63. The van der Waals surface area contributed by atoms with Crippen LogP contribution in [-0.4, -0.2) is 33.6 Å². The van der Waals surface area contributed by atoms with Crippen LogP contribution in [0.2, 0.25) is 0 Å². The Morgan fingerprint density at radius 2 is 2.20 bits per heavy atom. The quantitative estimate of drug-likeness (QED) is 0.561. The fourth-order valence-electron chi connectivity index (χ4n) is 2.29. The molecule has 0 saturated heterocycles. The molecule has 0 saturated carbocycles. The van der Waals surface area contributed by atoms with Gasteiger partial charge in [-0.2, -0.15) is 0 Å². The van der Waals surface area contributed by atoms with Gasteiger partial charge in [-0.05, 0) is 31.2 Å². The van der Waals surface area contributed by atoms with E-state index < -0.39 is 5.97 Å². The standard InChI is InChI=1S/C17H16N4O4/c1-11-13(17(23)24-2)9-12(25-11)6-7-16(22)18-10-15-20-19-14-5-3-4-8-21(14)15/h3-9H,10H2,1-2H3,(H,18,22). The van der Waals surface area contributed by atoms with Crippen molar-refractivity contribution in [3.05, 3.63) is 59.4 Å². The first-order chi connectivity index (χ1) is 12.1. The molecule has 3 rings (SSSR count). The van der Waals surface area contributed by atoms with Gasteiger partial charge in [0.25, 0.3) is 0 Å². The maximum atomic E-state index is 11.9. The topological polar surface area (TPSA) is 98.7 Å². The number of aromatic nitrogens is 3. The molecule has 1 amide bonds. The van der Waals surface area contributed by atoms with Gasteiger partial charge in [-0.3, -0.25) is 9.20 Å². The molecule has 0 aliphatic carbocycles. The second-order valence-corrected chi connectivity index (χ2v) is 5.21. The molecule has 0 aromatic carbocycles. The monoisotopic (exact) mass is 340 g/mol. The molecule has 25 heavy (non-hydrogen) atoms. The Morgan fingerprint density at radius 1 is 1.36 bits per heavy atom. The van der Waals surface area contributed by atoms with Crippen molar-refractivity contribution >= 4 is 23.6 Å². The Balaban J connectivity index is 1.63. The van der Waals surface area contributed by atoms with E-state index in [9.17, 15) is 9.59 Å². The number of nitrogens with one attached hydrogen (secondary N) is 1. The molecule has 0 fully saturated rings. The SMILES string of the molecule is COC(=O)c1cc(C=CC(=O)NCc2nnc3ccccn23)oc1C. The normalized spacial score (nSPS) is 11.1. The average molecular weight is 340 g/mol. The molecule has 0 aliphatic heterocycles. The molecule has 0 unspecified atom stereocenters. The number of furan rings is 1. The summed E-state index contributed by atoms with van der Waals surface area (Å²) in [7, 11) is 1.30. The highest BCUT2D eigenvalue weighted by Gasteiger charge is 2.14. The maximum Gasteiger partial charge on any atom is 0.341 e. The molecule has 8 heteroatoms. The fourth-order valence-corrected chi connectivity index (χ4v) is 2.29. The number of amides is 1. The van der Waals surface area contributed by atoms with Crippen molar-refractivity contribution in [3.63, 3.8) is 0 Å². The van der Waals surface area contributed by atoms with Crippen molar-refractivity contribution in [2.45, 2.75) is 13.5 Å². The summed E-state index contributed by atoms with van der Waals surface area (Å²) in [6, 6.07) is 7.08. The number of aryl methyl sites for hydroxylation is 1. The average Bonchev–Trinajstić information content (AvgIpc) is 3.21. The lowest BCUT2D eigenvalue weighted by Gasteiger charge is -2.00. The summed E-state index contributed by atoms with van der Waals surface area (Å²) in [6.45, 7) is 1.89. The van der Waals surface area contributed by atoms with Gasteiger partial charge in [0.15, 0.2) is 11.5 Å². The predicted molar refractivity (Wildman–Crippen MR) is 88.7 cm³/mol. The van der Waals surface area contributed by atoms with Gasteiger partial charge in [0.1, 0.15) is 17.1 Å². The zero-order valence-electron chi connectivity index (χ0n) is 13.7. The van der Waals surface area contributed by atoms with E-state index in [4.69, 9.17) is 4.42 Å². The van der Waals surface area contributed by atoms with Crippen LogP contribution in [0.1, 0.15) is 27.7 Å². The lowest BCUT2D eigenvalue weighted by atomic mass is 10.2. The van der Waals surface area contributed by atoms with Gasteiger partial charge < -0.3 is 14.5 Å². The molecular formula is C17H16N4O4. The van der Waals surface area contributed by atoms with Gasteiger partial charge in [-0.15, -0.1) is 10.2 Å². The second-order valence-electron chi connectivity index (χ2n) is 5.21. The number of nitrogens with zero attached hydrogens (tertiary/aromatic N) is 3. The number of rotatable bonds is 5. The van der Waals surface area contributed by atoms with Crippen LogP contribution in [-0.2, 0) is 16.1 Å². The number of carbonyl (C=O) groups is 2. The molecule has 8 nitrogen and oxygen atoms in total. The van der Waals surface area contributed by atoms with Gasteiger partial charge in [0.2, 0.25) is 5.91 Å². The molecule has 128 valence electrons. The van der Waals surface area contributed by atoms with Crippen LogP contribution >= 0.6 is 0 Å². The lowest BCUT2D eigenvalue weighted by Crippen LogP contribution is -2.21. The Hall–Kier alpha value is -3.42. The summed E-state index contributed by atoms with van der Waals surface area (Å²) in [5.74, 6) is 0.646. The molecule has 1 N–H and O–H groups in total. The van der Waals surface area contributed by atoms with Crippen molar-refractivity contribution in [2.75, 3.05) is 7.11 Å². The minimum Gasteiger partial charge on any atom is -0.465 e. The van der Waals surface area contributed by atoms with Crippen molar-refractivity contribution in [3.8, 4) is 0 Å². The van der Waals surface area contributed by atoms with E-state index in [1.165, 1.54) is 25.3 Å². The van der Waals surface area contributed by atoms with Gasteiger partial charge in [0.05, 0.1) is 13.7 Å². The van der Waals surface area contributed by atoms with Crippen LogP contribution in [0.3, 0.4) is 0 Å². The van der Waals surface area contributed by atoms with Crippen molar-refractivity contribution < 1.29 is 18.7 Å². The van der Waals surface area contributed by atoms with Crippen LogP contribution in [0.5, 0.6) is 0 Å². The van der Waals surface area contributed by atoms with E-state index in [0.717, 1.165) is 0 Å². The number of ether oxygens (including phenoxy) is 1. The first-order valence-corrected chi connectivity index (χ1v) is 7.52. The number of hydrogen-bond donors (Lipinski definition) is 1. The van der Waals surface area contributed by atoms with Crippen LogP contribution in [0.4, 0.5) is 0 Å².